The summed E-state index contributed by atoms with van der Waals surface area (Å²) in [5, 5.41) is 3.16. The van der Waals surface area contributed by atoms with E-state index in [0.717, 1.165) is 45.1 Å². The smallest absolute Gasteiger partial charge is 0.00914 e. The zero-order chi connectivity index (χ0) is 23.0. The molecule has 3 N–H and O–H groups in total. The maximum Gasteiger partial charge on any atom is 0.00914 e. The zero-order valence-electron chi connectivity index (χ0n) is 20.7. The van der Waals surface area contributed by atoms with Crippen molar-refractivity contribution in [1.82, 2.24) is 5.32 Å². The molecule has 1 fully saturated rings. The first-order chi connectivity index (χ1) is 15.6. The van der Waals surface area contributed by atoms with Gasteiger partial charge in [0, 0.05) is 6.04 Å². The van der Waals surface area contributed by atoms with Gasteiger partial charge in [-0.1, -0.05) is 101 Å². The summed E-state index contributed by atoms with van der Waals surface area (Å²) in [5.41, 5.74) is 12.9. The molecule has 0 aromatic heterocycles. The van der Waals surface area contributed by atoms with Gasteiger partial charge in [-0.25, -0.2) is 0 Å². The lowest BCUT2D eigenvalue weighted by molar-refractivity contribution is 0.504. The lowest BCUT2D eigenvalue weighted by Crippen LogP contribution is -2.27. The standard InChI is InChI=1S/C24H34N2.C6H12/c1-4-21-9-5-6-10-23(21)11-7-8-19(2)22-14-12-20(13-15-22)18-24(25)16-17-26-3;1-2-4-6-5-3-1/h5-6,9-10,12-15,24,26H,2,4,7-8,11,16-18,25H2,1,3H3;1-6H2. The van der Waals surface area contributed by atoms with Gasteiger partial charge in [0.1, 0.15) is 0 Å². The van der Waals surface area contributed by atoms with Crippen LogP contribution in [-0.2, 0) is 19.3 Å². The first kappa shape index (κ1) is 26.4. The maximum absolute atomic E-state index is 6.18. The molecule has 0 amide bonds. The molecule has 1 saturated carbocycles. The maximum atomic E-state index is 6.18. The minimum absolute atomic E-state index is 0.218. The minimum atomic E-state index is 0.218. The molecule has 176 valence electrons. The third-order valence-electron chi connectivity index (χ3n) is 6.55. The molecular weight excluding hydrogens is 388 g/mol. The Kier molecular flexibility index (Phi) is 13.0. The number of hydrogen-bond donors (Lipinski definition) is 2. The summed E-state index contributed by atoms with van der Waals surface area (Å²) in [7, 11) is 1.97. The first-order valence-corrected chi connectivity index (χ1v) is 12.9. The van der Waals surface area contributed by atoms with Gasteiger partial charge in [-0.05, 0) is 79.9 Å². The molecule has 2 heteroatoms. The normalized spacial score (nSPS) is 14.3. The molecule has 32 heavy (non-hydrogen) atoms. The molecule has 3 rings (SSSR count). The number of benzene rings is 2. The van der Waals surface area contributed by atoms with E-state index in [0.29, 0.717) is 0 Å². The summed E-state index contributed by atoms with van der Waals surface area (Å²) in [6.07, 6.45) is 15.4. The van der Waals surface area contributed by atoms with Crippen molar-refractivity contribution in [1.29, 1.82) is 0 Å². The van der Waals surface area contributed by atoms with E-state index >= 15 is 0 Å². The van der Waals surface area contributed by atoms with Gasteiger partial charge in [-0.15, -0.1) is 0 Å². The highest BCUT2D eigenvalue weighted by Crippen LogP contribution is 2.21. The van der Waals surface area contributed by atoms with Crippen LogP contribution in [0.4, 0.5) is 0 Å². The molecule has 1 unspecified atom stereocenters. The molecular formula is C30H46N2. The Balaban J connectivity index is 0.000000520. The van der Waals surface area contributed by atoms with Crippen LogP contribution in [0.25, 0.3) is 5.57 Å². The monoisotopic (exact) mass is 434 g/mol. The van der Waals surface area contributed by atoms with Gasteiger partial charge in [-0.2, -0.15) is 0 Å². The number of aryl methyl sites for hydroxylation is 2. The number of hydrogen-bond acceptors (Lipinski definition) is 2. The van der Waals surface area contributed by atoms with E-state index in [1.165, 1.54) is 66.4 Å². The Morgan fingerprint density at radius 2 is 1.53 bits per heavy atom. The molecule has 1 aliphatic carbocycles. The molecule has 0 aliphatic heterocycles. The van der Waals surface area contributed by atoms with Gasteiger partial charge in [-0.3, -0.25) is 0 Å². The first-order valence-electron chi connectivity index (χ1n) is 12.9. The minimum Gasteiger partial charge on any atom is -0.327 e. The molecule has 0 saturated heterocycles. The van der Waals surface area contributed by atoms with Gasteiger partial charge in [0.2, 0.25) is 0 Å². The lowest BCUT2D eigenvalue weighted by Gasteiger charge is -2.12. The summed E-state index contributed by atoms with van der Waals surface area (Å²) in [5.74, 6) is 0. The van der Waals surface area contributed by atoms with E-state index in [1.807, 2.05) is 7.05 Å². The number of nitrogens with one attached hydrogen (secondary N) is 1. The van der Waals surface area contributed by atoms with Crippen molar-refractivity contribution in [2.45, 2.75) is 90.0 Å². The van der Waals surface area contributed by atoms with Gasteiger partial charge < -0.3 is 11.1 Å². The van der Waals surface area contributed by atoms with Crippen LogP contribution in [0.2, 0.25) is 0 Å². The Morgan fingerprint density at radius 3 is 2.09 bits per heavy atom. The quantitative estimate of drug-likeness (QED) is 0.395. The second kappa shape index (κ2) is 15.8. The van der Waals surface area contributed by atoms with Crippen LogP contribution in [0.5, 0.6) is 0 Å². The summed E-state index contributed by atoms with van der Waals surface area (Å²) in [6.45, 7) is 7.49. The Morgan fingerprint density at radius 1 is 0.938 bits per heavy atom. The number of rotatable bonds is 11. The van der Waals surface area contributed by atoms with Crippen molar-refractivity contribution in [3.8, 4) is 0 Å². The topological polar surface area (TPSA) is 38.0 Å². The highest BCUT2D eigenvalue weighted by Gasteiger charge is 2.06. The SMILES string of the molecule is C1CCCCC1.C=C(CCCc1ccccc1CC)c1ccc(CC(N)CCNC)cc1. The van der Waals surface area contributed by atoms with Crippen LogP contribution in [0.15, 0.2) is 55.1 Å². The Hall–Kier alpha value is -1.90. The molecule has 2 nitrogen and oxygen atoms in total. The fraction of sp³-hybridized carbons (Fsp3) is 0.533. The van der Waals surface area contributed by atoms with E-state index in [4.69, 9.17) is 5.73 Å². The molecule has 0 heterocycles. The van der Waals surface area contributed by atoms with Crippen LogP contribution in [-0.4, -0.2) is 19.6 Å². The average Bonchev–Trinajstić information content (AvgIpc) is 2.85. The van der Waals surface area contributed by atoms with Crippen molar-refractivity contribution in [3.63, 3.8) is 0 Å². The molecule has 2 aromatic rings. The zero-order valence-corrected chi connectivity index (χ0v) is 20.7. The average molecular weight is 435 g/mol. The largest absolute Gasteiger partial charge is 0.327 e. The second-order valence-corrected chi connectivity index (χ2v) is 9.25. The van der Waals surface area contributed by atoms with Crippen LogP contribution < -0.4 is 11.1 Å². The highest BCUT2D eigenvalue weighted by molar-refractivity contribution is 5.63. The fourth-order valence-corrected chi connectivity index (χ4v) is 4.45. The Labute approximate surface area is 197 Å². The molecule has 1 atom stereocenters. The van der Waals surface area contributed by atoms with Crippen LogP contribution >= 0.6 is 0 Å². The van der Waals surface area contributed by atoms with Crippen molar-refractivity contribution in [3.05, 3.63) is 77.4 Å². The van der Waals surface area contributed by atoms with Crippen LogP contribution in [0.3, 0.4) is 0 Å². The summed E-state index contributed by atoms with van der Waals surface area (Å²) >= 11 is 0. The predicted octanol–water partition coefficient (Wildman–Crippen LogP) is 7.11. The second-order valence-electron chi connectivity index (χ2n) is 9.25. The van der Waals surface area contributed by atoms with E-state index in [1.54, 1.807) is 0 Å². The van der Waals surface area contributed by atoms with Gasteiger partial charge >= 0.3 is 0 Å². The molecule has 0 spiro atoms. The summed E-state index contributed by atoms with van der Waals surface area (Å²) in [6, 6.07) is 17.8. The highest BCUT2D eigenvalue weighted by atomic mass is 14.8. The Bertz CT molecular complexity index is 747. The summed E-state index contributed by atoms with van der Waals surface area (Å²) in [4.78, 5) is 0. The molecule has 2 aromatic carbocycles. The van der Waals surface area contributed by atoms with Gasteiger partial charge in [0.15, 0.2) is 0 Å². The van der Waals surface area contributed by atoms with Crippen molar-refractivity contribution < 1.29 is 0 Å². The van der Waals surface area contributed by atoms with Crippen LogP contribution in [0, 0.1) is 0 Å². The van der Waals surface area contributed by atoms with E-state index < -0.39 is 0 Å². The van der Waals surface area contributed by atoms with E-state index in [9.17, 15) is 0 Å². The molecule has 0 radical (unpaired) electrons. The molecule has 0 bridgehead atoms. The van der Waals surface area contributed by atoms with E-state index in [-0.39, 0.29) is 6.04 Å². The van der Waals surface area contributed by atoms with Gasteiger partial charge in [0.05, 0.1) is 0 Å². The fourth-order valence-electron chi connectivity index (χ4n) is 4.45. The lowest BCUT2D eigenvalue weighted by atomic mass is 9.95. The van der Waals surface area contributed by atoms with Crippen molar-refractivity contribution >= 4 is 5.57 Å². The number of allylic oxidation sites excluding steroid dienone is 1. The van der Waals surface area contributed by atoms with Crippen LogP contribution in [0.1, 0.15) is 87.0 Å². The summed E-state index contributed by atoms with van der Waals surface area (Å²) < 4.78 is 0. The third kappa shape index (κ3) is 10.1. The van der Waals surface area contributed by atoms with Crippen molar-refractivity contribution in [2.24, 2.45) is 5.73 Å². The number of nitrogens with two attached hydrogens (primary N) is 1. The van der Waals surface area contributed by atoms with Gasteiger partial charge in [0.25, 0.3) is 0 Å². The molecule has 1 aliphatic rings. The van der Waals surface area contributed by atoms with Crippen molar-refractivity contribution in [2.75, 3.05) is 13.6 Å². The van der Waals surface area contributed by atoms with E-state index in [2.05, 4.69) is 67.4 Å². The predicted molar refractivity (Wildman–Crippen MR) is 142 cm³/mol. The third-order valence-corrected chi connectivity index (χ3v) is 6.55.